The predicted molar refractivity (Wildman–Crippen MR) is 111 cm³/mol. The fraction of sp³-hybridized carbons (Fsp3) is 0.400. The van der Waals surface area contributed by atoms with Crippen molar-refractivity contribution in [2.45, 2.75) is 26.9 Å². The lowest BCUT2D eigenvalue weighted by atomic mass is 10.2. The first-order valence-electron chi connectivity index (χ1n) is 9.62. The Hall–Kier alpha value is -2.62. The first-order chi connectivity index (χ1) is 14.0. The zero-order valence-corrected chi connectivity index (χ0v) is 17.4. The minimum Gasteiger partial charge on any atom is -0.361 e. The van der Waals surface area contributed by atoms with Gasteiger partial charge in [0, 0.05) is 44.5 Å². The van der Waals surface area contributed by atoms with Gasteiger partial charge in [0.05, 0.1) is 12.2 Å². The molecular formula is C20H24N6O2S. The lowest BCUT2D eigenvalue weighted by Gasteiger charge is -2.33. The van der Waals surface area contributed by atoms with Crippen LogP contribution in [-0.2, 0) is 13.1 Å². The van der Waals surface area contributed by atoms with E-state index in [-0.39, 0.29) is 5.91 Å². The number of nitrogens with one attached hydrogen (secondary N) is 1. The molecule has 1 aromatic carbocycles. The number of anilines is 1. The van der Waals surface area contributed by atoms with Gasteiger partial charge >= 0.3 is 0 Å². The SMILES string of the molecule is Cc1ccc(NC(=O)c2nnc(CN3CCN(Cc4cc(C)on4)CC3)s2)cc1. The molecular weight excluding hydrogens is 388 g/mol. The number of nitrogens with zero attached hydrogens (tertiary/aromatic N) is 5. The summed E-state index contributed by atoms with van der Waals surface area (Å²) < 4.78 is 5.14. The summed E-state index contributed by atoms with van der Waals surface area (Å²) in [5, 5.41) is 16.5. The summed E-state index contributed by atoms with van der Waals surface area (Å²) in [5.41, 5.74) is 2.89. The number of piperazine rings is 1. The van der Waals surface area contributed by atoms with E-state index in [9.17, 15) is 4.79 Å². The highest BCUT2D eigenvalue weighted by Gasteiger charge is 2.20. The van der Waals surface area contributed by atoms with Crippen molar-refractivity contribution in [2.24, 2.45) is 0 Å². The van der Waals surface area contributed by atoms with Crippen LogP contribution in [0, 0.1) is 13.8 Å². The molecule has 1 fully saturated rings. The molecule has 4 rings (SSSR count). The van der Waals surface area contributed by atoms with Crippen LogP contribution in [0.25, 0.3) is 0 Å². The van der Waals surface area contributed by atoms with Gasteiger partial charge in [-0.15, -0.1) is 10.2 Å². The number of rotatable bonds is 6. The Balaban J connectivity index is 1.26. The van der Waals surface area contributed by atoms with Gasteiger partial charge in [0.2, 0.25) is 5.01 Å². The maximum absolute atomic E-state index is 12.4. The highest BCUT2D eigenvalue weighted by molar-refractivity contribution is 7.13. The number of aryl methyl sites for hydroxylation is 2. The second kappa shape index (κ2) is 8.81. The topological polar surface area (TPSA) is 87.4 Å². The van der Waals surface area contributed by atoms with Gasteiger partial charge in [0.1, 0.15) is 10.8 Å². The molecule has 0 saturated carbocycles. The smallest absolute Gasteiger partial charge is 0.286 e. The van der Waals surface area contributed by atoms with Crippen molar-refractivity contribution < 1.29 is 9.32 Å². The standard InChI is InChI=1S/C20H24N6O2S/c1-14-3-5-16(6-4-14)21-19(27)20-23-22-18(29-20)13-26-9-7-25(8-10-26)12-17-11-15(2)28-24-17/h3-6,11H,7-10,12-13H2,1-2H3,(H,21,27). The fourth-order valence-corrected chi connectivity index (χ4v) is 4.03. The quantitative estimate of drug-likeness (QED) is 0.666. The maximum Gasteiger partial charge on any atom is 0.286 e. The second-order valence-electron chi connectivity index (χ2n) is 7.30. The van der Waals surface area contributed by atoms with E-state index < -0.39 is 0 Å². The number of carbonyl (C=O) groups is 1. The molecule has 3 heterocycles. The maximum atomic E-state index is 12.4. The zero-order valence-electron chi connectivity index (χ0n) is 16.6. The average Bonchev–Trinajstić information content (AvgIpc) is 3.34. The summed E-state index contributed by atoms with van der Waals surface area (Å²) in [6.45, 7) is 9.27. The molecule has 1 aliphatic heterocycles. The van der Waals surface area contributed by atoms with Crippen LogP contribution in [0.5, 0.6) is 0 Å². The second-order valence-corrected chi connectivity index (χ2v) is 8.36. The Morgan fingerprint density at radius 2 is 1.76 bits per heavy atom. The van der Waals surface area contributed by atoms with Crippen molar-refractivity contribution in [3.05, 3.63) is 57.4 Å². The molecule has 3 aromatic rings. The third-order valence-electron chi connectivity index (χ3n) is 4.86. The summed E-state index contributed by atoms with van der Waals surface area (Å²) >= 11 is 1.35. The Bertz CT molecular complexity index is 960. The van der Waals surface area contributed by atoms with Gasteiger partial charge in [-0.2, -0.15) is 0 Å². The molecule has 9 heteroatoms. The Labute approximate surface area is 173 Å². The lowest BCUT2D eigenvalue weighted by molar-refractivity contribution is 0.102. The van der Waals surface area contributed by atoms with Crippen molar-refractivity contribution in [2.75, 3.05) is 31.5 Å². The molecule has 0 radical (unpaired) electrons. The van der Waals surface area contributed by atoms with E-state index in [0.717, 1.165) is 60.4 Å². The molecule has 1 saturated heterocycles. The van der Waals surface area contributed by atoms with Crippen molar-refractivity contribution in [3.8, 4) is 0 Å². The molecule has 29 heavy (non-hydrogen) atoms. The van der Waals surface area contributed by atoms with Crippen molar-refractivity contribution >= 4 is 22.9 Å². The van der Waals surface area contributed by atoms with Crippen LogP contribution in [0.1, 0.15) is 31.8 Å². The first kappa shape index (κ1) is 19.7. The molecule has 0 aliphatic carbocycles. The van der Waals surface area contributed by atoms with Crippen LogP contribution in [0.3, 0.4) is 0 Å². The summed E-state index contributed by atoms with van der Waals surface area (Å²) in [4.78, 5) is 17.1. The largest absolute Gasteiger partial charge is 0.361 e. The molecule has 0 spiro atoms. The summed E-state index contributed by atoms with van der Waals surface area (Å²) in [6, 6.07) is 9.68. The van der Waals surface area contributed by atoms with Gasteiger partial charge in [-0.05, 0) is 26.0 Å². The minimum atomic E-state index is -0.217. The van der Waals surface area contributed by atoms with Gasteiger partial charge in [0.25, 0.3) is 5.91 Å². The molecule has 1 aliphatic rings. The number of hydrogen-bond donors (Lipinski definition) is 1. The highest BCUT2D eigenvalue weighted by atomic mass is 32.1. The predicted octanol–water partition coefficient (Wildman–Crippen LogP) is 2.71. The molecule has 152 valence electrons. The van der Waals surface area contributed by atoms with Crippen LogP contribution in [0.15, 0.2) is 34.9 Å². The van der Waals surface area contributed by atoms with Crippen LogP contribution in [0.2, 0.25) is 0 Å². The summed E-state index contributed by atoms with van der Waals surface area (Å²) in [5.74, 6) is 0.627. The molecule has 0 bridgehead atoms. The van der Waals surface area contributed by atoms with E-state index in [1.54, 1.807) is 0 Å². The van der Waals surface area contributed by atoms with Gasteiger partial charge < -0.3 is 9.84 Å². The average molecular weight is 413 g/mol. The third-order valence-corrected chi connectivity index (χ3v) is 5.76. The van der Waals surface area contributed by atoms with E-state index in [0.29, 0.717) is 11.6 Å². The van der Waals surface area contributed by atoms with Gasteiger partial charge in [-0.1, -0.05) is 34.2 Å². The molecule has 0 atom stereocenters. The molecule has 2 aromatic heterocycles. The molecule has 1 amide bonds. The lowest BCUT2D eigenvalue weighted by Crippen LogP contribution is -2.45. The van der Waals surface area contributed by atoms with Gasteiger partial charge in [-0.3, -0.25) is 14.6 Å². The van der Waals surface area contributed by atoms with Crippen LogP contribution in [-0.4, -0.2) is 57.2 Å². The Morgan fingerprint density at radius 1 is 1.07 bits per heavy atom. The van der Waals surface area contributed by atoms with Crippen molar-refractivity contribution in [1.29, 1.82) is 0 Å². The Kier molecular flexibility index (Phi) is 5.98. The van der Waals surface area contributed by atoms with E-state index in [4.69, 9.17) is 4.52 Å². The van der Waals surface area contributed by atoms with Crippen molar-refractivity contribution in [1.82, 2.24) is 25.2 Å². The Morgan fingerprint density at radius 3 is 2.41 bits per heavy atom. The minimum absolute atomic E-state index is 0.217. The molecule has 8 nitrogen and oxygen atoms in total. The van der Waals surface area contributed by atoms with E-state index in [1.165, 1.54) is 11.3 Å². The molecule has 1 N–H and O–H groups in total. The zero-order chi connectivity index (χ0) is 20.2. The third kappa shape index (κ3) is 5.26. The highest BCUT2D eigenvalue weighted by Crippen LogP contribution is 2.17. The van der Waals surface area contributed by atoms with Gasteiger partial charge in [0.15, 0.2) is 0 Å². The number of aromatic nitrogens is 3. The van der Waals surface area contributed by atoms with Crippen LogP contribution >= 0.6 is 11.3 Å². The van der Waals surface area contributed by atoms with E-state index in [2.05, 4.69) is 30.5 Å². The van der Waals surface area contributed by atoms with Crippen LogP contribution in [0.4, 0.5) is 5.69 Å². The number of benzene rings is 1. The number of hydrogen-bond acceptors (Lipinski definition) is 8. The number of amides is 1. The normalized spacial score (nSPS) is 15.5. The van der Waals surface area contributed by atoms with E-state index in [1.807, 2.05) is 44.2 Å². The van der Waals surface area contributed by atoms with Crippen LogP contribution < -0.4 is 5.32 Å². The van der Waals surface area contributed by atoms with Crippen molar-refractivity contribution in [3.63, 3.8) is 0 Å². The van der Waals surface area contributed by atoms with E-state index >= 15 is 0 Å². The fourth-order valence-electron chi connectivity index (χ4n) is 3.25. The monoisotopic (exact) mass is 412 g/mol. The summed E-state index contributed by atoms with van der Waals surface area (Å²) in [6.07, 6.45) is 0. The molecule has 0 unspecified atom stereocenters. The van der Waals surface area contributed by atoms with Gasteiger partial charge in [-0.25, -0.2) is 0 Å². The summed E-state index contributed by atoms with van der Waals surface area (Å²) in [7, 11) is 0. The number of carbonyl (C=O) groups excluding carboxylic acids is 1. The first-order valence-corrected chi connectivity index (χ1v) is 10.4.